The third-order valence-corrected chi connectivity index (χ3v) is 3.10. The average molecular weight is 323 g/mol. The van der Waals surface area contributed by atoms with Crippen molar-refractivity contribution >= 4 is 16.6 Å². The monoisotopic (exact) mass is 323 g/mol. The molecule has 8 nitrogen and oxygen atoms in total. The van der Waals surface area contributed by atoms with Crippen molar-refractivity contribution in [2.24, 2.45) is 0 Å². The molecule has 2 rings (SSSR count). The lowest BCUT2D eigenvalue weighted by molar-refractivity contribution is -0.742. The van der Waals surface area contributed by atoms with Crippen LogP contribution >= 0.6 is 0 Å². The van der Waals surface area contributed by atoms with Gasteiger partial charge in [-0.3, -0.25) is 4.98 Å². The van der Waals surface area contributed by atoms with E-state index in [1.54, 1.807) is 13.3 Å². The van der Waals surface area contributed by atoms with Crippen LogP contribution in [0.25, 0.3) is 10.9 Å². The molecule has 0 atom stereocenters. The molecule has 0 fully saturated rings. The highest BCUT2D eigenvalue weighted by Gasteiger charge is 2.02. The molecule has 0 spiro atoms. The molecule has 2 aromatic rings. The van der Waals surface area contributed by atoms with Crippen molar-refractivity contribution in [1.82, 2.24) is 4.98 Å². The summed E-state index contributed by atoms with van der Waals surface area (Å²) in [6.07, 6.45) is 4.77. The van der Waals surface area contributed by atoms with Gasteiger partial charge in [-0.1, -0.05) is 0 Å². The van der Waals surface area contributed by atoms with E-state index in [4.69, 9.17) is 25.2 Å². The maximum atomic E-state index is 8.73. The smallest absolute Gasteiger partial charge is 0.291 e. The number of methoxy groups -OCH3 is 1. The molecule has 1 aromatic carbocycles. The summed E-state index contributed by atoms with van der Waals surface area (Å²) in [4.78, 5) is 12.7. The van der Waals surface area contributed by atoms with Crippen LogP contribution in [0.4, 0.5) is 5.69 Å². The number of ether oxygens (including phenoxy) is 1. The highest BCUT2D eigenvalue weighted by Crippen LogP contribution is 2.25. The fraction of sp³-hybridized carbons (Fsp3) is 0.400. The van der Waals surface area contributed by atoms with Crippen molar-refractivity contribution in [3.05, 3.63) is 40.6 Å². The number of aliphatic hydroxyl groups is 1. The van der Waals surface area contributed by atoms with Gasteiger partial charge < -0.3 is 20.4 Å². The number of aromatic nitrogens is 1. The highest BCUT2D eigenvalue weighted by atomic mass is 16.9. The van der Waals surface area contributed by atoms with Gasteiger partial charge in [-0.15, -0.1) is 10.1 Å². The lowest BCUT2D eigenvalue weighted by Crippen LogP contribution is -2.02. The van der Waals surface area contributed by atoms with Gasteiger partial charge in [0.2, 0.25) is 0 Å². The number of benzene rings is 1. The summed E-state index contributed by atoms with van der Waals surface area (Å²) in [7, 11) is 1.66. The van der Waals surface area contributed by atoms with E-state index in [1.807, 2.05) is 24.3 Å². The Morgan fingerprint density at radius 2 is 2.04 bits per heavy atom. The van der Waals surface area contributed by atoms with Crippen molar-refractivity contribution in [2.45, 2.75) is 19.3 Å². The normalized spacial score (nSPS) is 9.83. The van der Waals surface area contributed by atoms with Crippen molar-refractivity contribution in [1.29, 1.82) is 0 Å². The van der Waals surface area contributed by atoms with Gasteiger partial charge in [-0.05, 0) is 37.5 Å². The number of pyridine rings is 1. The second-order valence-corrected chi connectivity index (χ2v) is 4.69. The summed E-state index contributed by atoms with van der Waals surface area (Å²) >= 11 is 0. The molecule has 0 radical (unpaired) electrons. The summed E-state index contributed by atoms with van der Waals surface area (Å²) in [5, 5.41) is 26.9. The van der Waals surface area contributed by atoms with Crippen molar-refractivity contribution in [2.75, 3.05) is 25.6 Å². The Morgan fingerprint density at radius 3 is 2.70 bits per heavy atom. The molecule has 0 aliphatic heterocycles. The van der Waals surface area contributed by atoms with Crippen molar-refractivity contribution < 1.29 is 20.1 Å². The Morgan fingerprint density at radius 1 is 1.30 bits per heavy atom. The zero-order valence-electron chi connectivity index (χ0n) is 12.9. The largest absolute Gasteiger partial charge is 0.497 e. The lowest BCUT2D eigenvalue weighted by Gasteiger charge is -2.10. The predicted octanol–water partition coefficient (Wildman–Crippen LogP) is 2.47. The van der Waals surface area contributed by atoms with Crippen LogP contribution in [0.3, 0.4) is 0 Å². The number of nitrogens with one attached hydrogen (secondary N) is 1. The average Bonchev–Trinajstić information content (AvgIpc) is 2.53. The Labute approximate surface area is 133 Å². The van der Waals surface area contributed by atoms with E-state index in [1.165, 1.54) is 0 Å². The maximum absolute atomic E-state index is 8.73. The topological polar surface area (TPSA) is 118 Å². The van der Waals surface area contributed by atoms with Crippen LogP contribution in [0.1, 0.15) is 19.3 Å². The molecular formula is C15H21N3O5. The van der Waals surface area contributed by atoms with Gasteiger partial charge in [-0.2, -0.15) is 0 Å². The first-order valence-corrected chi connectivity index (χ1v) is 7.19. The summed E-state index contributed by atoms with van der Waals surface area (Å²) in [6.45, 7) is 1.18. The standard InChI is InChI=1S/C15H20N2O2.HNO3/c1-19-12-5-6-13-14(7-9-17-15(13)11-12)16-8-3-2-4-10-18;2-1(3)4/h5-7,9,11,18H,2-4,8,10H2,1H3,(H,16,17);(H,2,3,4). The highest BCUT2D eigenvalue weighted by molar-refractivity contribution is 5.91. The lowest BCUT2D eigenvalue weighted by atomic mass is 10.1. The number of unbranched alkanes of at least 4 members (excludes halogenated alkanes) is 2. The third kappa shape index (κ3) is 6.79. The number of aliphatic hydroxyl groups excluding tert-OH is 1. The zero-order chi connectivity index (χ0) is 17.1. The van der Waals surface area contributed by atoms with Crippen LogP contribution in [-0.2, 0) is 0 Å². The fourth-order valence-electron chi connectivity index (χ4n) is 2.05. The van der Waals surface area contributed by atoms with E-state index in [9.17, 15) is 0 Å². The van der Waals surface area contributed by atoms with Crippen LogP contribution in [0.5, 0.6) is 5.75 Å². The molecule has 8 heteroatoms. The molecule has 23 heavy (non-hydrogen) atoms. The molecule has 126 valence electrons. The predicted molar refractivity (Wildman–Crippen MR) is 86.5 cm³/mol. The fourth-order valence-corrected chi connectivity index (χ4v) is 2.05. The third-order valence-electron chi connectivity index (χ3n) is 3.10. The van der Waals surface area contributed by atoms with E-state index in [2.05, 4.69) is 10.3 Å². The number of hydrogen-bond donors (Lipinski definition) is 3. The first-order valence-electron chi connectivity index (χ1n) is 7.19. The Kier molecular flexibility index (Phi) is 8.16. The minimum atomic E-state index is -1.50. The summed E-state index contributed by atoms with van der Waals surface area (Å²) in [6, 6.07) is 7.89. The second kappa shape index (κ2) is 10.2. The molecule has 1 aromatic heterocycles. The van der Waals surface area contributed by atoms with E-state index in [0.29, 0.717) is 0 Å². The quantitative estimate of drug-likeness (QED) is 0.407. The molecule has 0 unspecified atom stereocenters. The molecule has 3 N–H and O–H groups in total. The molecule has 0 bridgehead atoms. The number of anilines is 1. The van der Waals surface area contributed by atoms with Gasteiger partial charge in [0.25, 0.3) is 5.09 Å². The van der Waals surface area contributed by atoms with Crippen LogP contribution in [0.15, 0.2) is 30.5 Å². The molecule has 0 amide bonds. The molecule has 0 aliphatic carbocycles. The molecule has 1 heterocycles. The van der Waals surface area contributed by atoms with E-state index in [-0.39, 0.29) is 6.61 Å². The maximum Gasteiger partial charge on any atom is 0.291 e. The van der Waals surface area contributed by atoms with Crippen LogP contribution in [0.2, 0.25) is 0 Å². The Bertz CT molecular complexity index is 617. The van der Waals surface area contributed by atoms with E-state index in [0.717, 1.165) is 48.1 Å². The number of hydrogen-bond acceptors (Lipinski definition) is 6. The Balaban J connectivity index is 0.000000593. The van der Waals surface area contributed by atoms with Crippen LogP contribution in [0, 0.1) is 10.1 Å². The van der Waals surface area contributed by atoms with Crippen molar-refractivity contribution in [3.63, 3.8) is 0 Å². The van der Waals surface area contributed by atoms with E-state index < -0.39 is 5.09 Å². The first-order chi connectivity index (χ1) is 11.1. The van der Waals surface area contributed by atoms with Gasteiger partial charge in [-0.25, -0.2) is 0 Å². The molecular weight excluding hydrogens is 302 g/mol. The Hall–Kier alpha value is -2.61. The second-order valence-electron chi connectivity index (χ2n) is 4.69. The molecule has 0 aliphatic rings. The van der Waals surface area contributed by atoms with Crippen molar-refractivity contribution in [3.8, 4) is 5.75 Å². The minimum absolute atomic E-state index is 0.276. The van der Waals surface area contributed by atoms with Gasteiger partial charge in [0.05, 0.1) is 12.6 Å². The number of nitrogens with zero attached hydrogens (tertiary/aromatic N) is 2. The number of fused-ring (bicyclic) bond motifs is 1. The number of rotatable bonds is 7. The van der Waals surface area contributed by atoms with Gasteiger partial charge in [0.15, 0.2) is 0 Å². The summed E-state index contributed by atoms with van der Waals surface area (Å²) in [5.41, 5.74) is 2.02. The van der Waals surface area contributed by atoms with Gasteiger partial charge in [0, 0.05) is 36.5 Å². The SMILES string of the molecule is COc1ccc2c(NCCCCCO)ccnc2c1.O=[N+]([O-])O. The van der Waals surface area contributed by atoms with Gasteiger partial charge >= 0.3 is 0 Å². The molecule has 0 saturated heterocycles. The summed E-state index contributed by atoms with van der Waals surface area (Å²) in [5.74, 6) is 0.820. The first kappa shape index (κ1) is 18.4. The van der Waals surface area contributed by atoms with Crippen LogP contribution < -0.4 is 10.1 Å². The molecule has 0 saturated carbocycles. The van der Waals surface area contributed by atoms with Crippen LogP contribution in [-0.4, -0.2) is 40.6 Å². The van der Waals surface area contributed by atoms with Gasteiger partial charge in [0.1, 0.15) is 5.75 Å². The minimum Gasteiger partial charge on any atom is -0.497 e. The summed E-state index contributed by atoms with van der Waals surface area (Å²) < 4.78 is 5.20. The zero-order valence-corrected chi connectivity index (χ0v) is 12.9. The van der Waals surface area contributed by atoms with E-state index >= 15 is 0 Å².